The number of nitrogens with zero attached hydrogens (tertiary/aromatic N) is 2. The maximum absolute atomic E-state index is 12.0. The second-order valence-electron chi connectivity index (χ2n) is 6.38. The SMILES string of the molecule is CCN(CCCNC(=NC)NCC(=O)NCc1ccccc1)c1ccccc1.I. The van der Waals surface area contributed by atoms with Crippen LogP contribution in [0.4, 0.5) is 5.69 Å². The summed E-state index contributed by atoms with van der Waals surface area (Å²) in [4.78, 5) is 18.5. The number of guanidine groups is 1. The third kappa shape index (κ3) is 9.65. The Hall–Kier alpha value is -2.29. The fraction of sp³-hybridized carbons (Fsp3) is 0.364. The normalized spacial score (nSPS) is 10.6. The number of para-hydroxylation sites is 1. The molecule has 0 heterocycles. The maximum Gasteiger partial charge on any atom is 0.239 e. The molecule has 0 spiro atoms. The summed E-state index contributed by atoms with van der Waals surface area (Å²) in [7, 11) is 1.71. The number of rotatable bonds is 10. The summed E-state index contributed by atoms with van der Waals surface area (Å²) in [5.41, 5.74) is 2.32. The van der Waals surface area contributed by atoms with Crippen LogP contribution in [0.1, 0.15) is 18.9 Å². The molecule has 0 aliphatic carbocycles. The molecule has 0 saturated carbocycles. The van der Waals surface area contributed by atoms with Gasteiger partial charge in [0.15, 0.2) is 5.96 Å². The van der Waals surface area contributed by atoms with Gasteiger partial charge in [0.2, 0.25) is 5.91 Å². The van der Waals surface area contributed by atoms with E-state index in [-0.39, 0.29) is 36.4 Å². The molecule has 0 atom stereocenters. The van der Waals surface area contributed by atoms with Crippen molar-refractivity contribution in [2.24, 2.45) is 4.99 Å². The first kappa shape index (κ1) is 24.7. The Bertz CT molecular complexity index is 724. The average molecular weight is 509 g/mol. The van der Waals surface area contributed by atoms with Crippen molar-refractivity contribution in [3.05, 3.63) is 66.2 Å². The summed E-state index contributed by atoms with van der Waals surface area (Å²) in [6.45, 7) is 5.60. The molecule has 0 unspecified atom stereocenters. The van der Waals surface area contributed by atoms with Crippen LogP contribution < -0.4 is 20.9 Å². The van der Waals surface area contributed by atoms with E-state index in [4.69, 9.17) is 0 Å². The number of benzene rings is 2. The molecule has 3 N–H and O–H groups in total. The van der Waals surface area contributed by atoms with Crippen LogP contribution in [0.5, 0.6) is 0 Å². The van der Waals surface area contributed by atoms with Crippen LogP contribution >= 0.6 is 24.0 Å². The zero-order valence-corrected chi connectivity index (χ0v) is 19.6. The van der Waals surface area contributed by atoms with Gasteiger partial charge in [0, 0.05) is 38.9 Å². The van der Waals surface area contributed by atoms with E-state index in [1.807, 2.05) is 36.4 Å². The van der Waals surface area contributed by atoms with Gasteiger partial charge in [0.25, 0.3) is 0 Å². The van der Waals surface area contributed by atoms with Gasteiger partial charge >= 0.3 is 0 Å². The standard InChI is InChI=1S/C22H31N5O.HI/c1-3-27(20-13-8-5-9-14-20)16-10-15-24-22(23-2)26-18-21(28)25-17-19-11-6-4-7-12-19;/h4-9,11-14H,3,10,15-18H2,1-2H3,(H,25,28)(H2,23,24,26);1H. The van der Waals surface area contributed by atoms with Crippen LogP contribution in [0.15, 0.2) is 65.7 Å². The molecule has 6 nitrogen and oxygen atoms in total. The Morgan fingerprint density at radius 2 is 1.62 bits per heavy atom. The van der Waals surface area contributed by atoms with E-state index in [1.165, 1.54) is 5.69 Å². The van der Waals surface area contributed by atoms with E-state index >= 15 is 0 Å². The van der Waals surface area contributed by atoms with Crippen molar-refractivity contribution >= 4 is 41.5 Å². The van der Waals surface area contributed by atoms with Crippen LogP contribution in [-0.2, 0) is 11.3 Å². The van der Waals surface area contributed by atoms with Crippen LogP contribution in [-0.4, -0.2) is 45.1 Å². The van der Waals surface area contributed by atoms with Gasteiger partial charge in [-0.05, 0) is 31.0 Å². The Kier molecular flexibility index (Phi) is 12.5. The number of amides is 1. The van der Waals surface area contributed by atoms with E-state index in [0.717, 1.165) is 31.6 Å². The van der Waals surface area contributed by atoms with Crippen LogP contribution in [0, 0.1) is 0 Å². The molecule has 2 aromatic rings. The molecular weight excluding hydrogens is 477 g/mol. The largest absolute Gasteiger partial charge is 0.372 e. The van der Waals surface area contributed by atoms with E-state index in [2.05, 4.69) is 57.0 Å². The van der Waals surface area contributed by atoms with Gasteiger partial charge in [-0.15, -0.1) is 24.0 Å². The van der Waals surface area contributed by atoms with Crippen LogP contribution in [0.25, 0.3) is 0 Å². The van der Waals surface area contributed by atoms with Gasteiger partial charge in [0.1, 0.15) is 0 Å². The molecule has 0 bridgehead atoms. The number of hydrogen-bond donors (Lipinski definition) is 3. The fourth-order valence-electron chi connectivity index (χ4n) is 2.83. The van der Waals surface area contributed by atoms with Crippen molar-refractivity contribution in [3.63, 3.8) is 0 Å². The Labute approximate surface area is 191 Å². The monoisotopic (exact) mass is 509 g/mol. The van der Waals surface area contributed by atoms with Gasteiger partial charge in [0.05, 0.1) is 6.54 Å². The van der Waals surface area contributed by atoms with Crippen molar-refractivity contribution < 1.29 is 4.79 Å². The molecule has 0 fully saturated rings. The summed E-state index contributed by atoms with van der Waals surface area (Å²) >= 11 is 0. The summed E-state index contributed by atoms with van der Waals surface area (Å²) in [6.07, 6.45) is 0.976. The first-order valence-electron chi connectivity index (χ1n) is 9.78. The zero-order chi connectivity index (χ0) is 20.0. The fourth-order valence-corrected chi connectivity index (χ4v) is 2.83. The van der Waals surface area contributed by atoms with Crippen molar-refractivity contribution in [1.82, 2.24) is 16.0 Å². The zero-order valence-electron chi connectivity index (χ0n) is 17.2. The Morgan fingerprint density at radius 1 is 0.966 bits per heavy atom. The first-order chi connectivity index (χ1) is 13.7. The highest BCUT2D eigenvalue weighted by molar-refractivity contribution is 14.0. The average Bonchev–Trinajstić information content (AvgIpc) is 2.75. The summed E-state index contributed by atoms with van der Waals surface area (Å²) in [6, 6.07) is 20.3. The van der Waals surface area contributed by atoms with Gasteiger partial charge in [-0.2, -0.15) is 0 Å². The van der Waals surface area contributed by atoms with Gasteiger partial charge < -0.3 is 20.9 Å². The number of carbonyl (C=O) groups excluding carboxylic acids is 1. The number of carbonyl (C=O) groups is 1. The van der Waals surface area contributed by atoms with Crippen molar-refractivity contribution in [1.29, 1.82) is 0 Å². The molecule has 2 rings (SSSR count). The molecule has 0 aromatic heterocycles. The number of anilines is 1. The molecule has 29 heavy (non-hydrogen) atoms. The van der Waals surface area contributed by atoms with Gasteiger partial charge in [-0.1, -0.05) is 48.5 Å². The predicted molar refractivity (Wildman–Crippen MR) is 132 cm³/mol. The number of aliphatic imine (C=N–C) groups is 1. The van der Waals surface area contributed by atoms with Crippen molar-refractivity contribution in [2.45, 2.75) is 19.9 Å². The first-order valence-corrected chi connectivity index (χ1v) is 9.78. The molecule has 1 amide bonds. The highest BCUT2D eigenvalue weighted by Crippen LogP contribution is 2.12. The van der Waals surface area contributed by atoms with Crippen LogP contribution in [0.3, 0.4) is 0 Å². The molecule has 2 aromatic carbocycles. The minimum Gasteiger partial charge on any atom is -0.372 e. The lowest BCUT2D eigenvalue weighted by Gasteiger charge is -2.23. The molecular formula is C22H32IN5O. The predicted octanol–water partition coefficient (Wildman–Crippen LogP) is 3.00. The minimum atomic E-state index is -0.0620. The third-order valence-electron chi connectivity index (χ3n) is 4.37. The summed E-state index contributed by atoms with van der Waals surface area (Å²) in [5, 5.41) is 9.21. The summed E-state index contributed by atoms with van der Waals surface area (Å²) < 4.78 is 0. The van der Waals surface area contributed by atoms with Crippen molar-refractivity contribution in [3.8, 4) is 0 Å². The second-order valence-corrected chi connectivity index (χ2v) is 6.38. The highest BCUT2D eigenvalue weighted by atomic mass is 127. The maximum atomic E-state index is 12.0. The van der Waals surface area contributed by atoms with Crippen LogP contribution in [0.2, 0.25) is 0 Å². The molecule has 0 aliphatic rings. The van der Waals surface area contributed by atoms with E-state index < -0.39 is 0 Å². The minimum absolute atomic E-state index is 0. The quantitative estimate of drug-likeness (QED) is 0.200. The topological polar surface area (TPSA) is 68.8 Å². The Morgan fingerprint density at radius 3 is 2.24 bits per heavy atom. The molecule has 0 aliphatic heterocycles. The summed E-state index contributed by atoms with van der Waals surface area (Å²) in [5.74, 6) is 0.575. The molecule has 0 radical (unpaired) electrons. The number of halogens is 1. The number of nitrogens with one attached hydrogen (secondary N) is 3. The van der Waals surface area contributed by atoms with Gasteiger partial charge in [-0.25, -0.2) is 0 Å². The second kappa shape index (κ2) is 14.7. The lowest BCUT2D eigenvalue weighted by molar-refractivity contribution is -0.120. The van der Waals surface area contributed by atoms with E-state index in [0.29, 0.717) is 12.5 Å². The lowest BCUT2D eigenvalue weighted by Crippen LogP contribution is -2.43. The van der Waals surface area contributed by atoms with E-state index in [9.17, 15) is 4.79 Å². The molecule has 0 saturated heterocycles. The van der Waals surface area contributed by atoms with E-state index in [1.54, 1.807) is 7.05 Å². The number of hydrogen-bond acceptors (Lipinski definition) is 3. The van der Waals surface area contributed by atoms with Gasteiger partial charge in [-0.3, -0.25) is 9.79 Å². The lowest BCUT2D eigenvalue weighted by atomic mass is 10.2. The Balaban J connectivity index is 0.00000420. The van der Waals surface area contributed by atoms with Crippen molar-refractivity contribution in [2.75, 3.05) is 38.1 Å². The third-order valence-corrected chi connectivity index (χ3v) is 4.37. The molecule has 158 valence electrons. The smallest absolute Gasteiger partial charge is 0.239 e. The highest BCUT2D eigenvalue weighted by Gasteiger charge is 2.05. The molecule has 7 heteroatoms.